The fraction of sp³-hybridized carbons (Fsp3) is 0.800. The molecule has 1 saturated heterocycles. The van der Waals surface area contributed by atoms with Crippen molar-refractivity contribution in [1.82, 2.24) is 10.6 Å². The largest absolute Gasteiger partial charge is 0.480 e. The van der Waals surface area contributed by atoms with Gasteiger partial charge in [-0.3, -0.25) is 4.79 Å². The molecule has 0 radical (unpaired) electrons. The summed E-state index contributed by atoms with van der Waals surface area (Å²) < 4.78 is 0. The number of carboxylic acids is 1. The van der Waals surface area contributed by atoms with Gasteiger partial charge in [-0.2, -0.15) is 0 Å². The zero-order valence-corrected chi connectivity index (χ0v) is 8.95. The van der Waals surface area contributed by atoms with Gasteiger partial charge in [0.2, 0.25) is 5.91 Å². The number of carbonyl (C=O) groups excluding carboxylic acids is 1. The fourth-order valence-corrected chi connectivity index (χ4v) is 1.70. The molecule has 15 heavy (non-hydrogen) atoms. The second-order valence-electron chi connectivity index (χ2n) is 3.85. The van der Waals surface area contributed by atoms with Crippen LogP contribution in [0.3, 0.4) is 0 Å². The smallest absolute Gasteiger partial charge is 0.326 e. The Morgan fingerprint density at radius 1 is 1.60 bits per heavy atom. The van der Waals surface area contributed by atoms with Crippen molar-refractivity contribution >= 4 is 11.9 Å². The molecular weight excluding hydrogens is 196 g/mol. The lowest BCUT2D eigenvalue weighted by Crippen LogP contribution is -2.47. The molecule has 1 heterocycles. The molecule has 0 spiro atoms. The summed E-state index contributed by atoms with van der Waals surface area (Å²) in [5, 5.41) is 14.5. The molecule has 86 valence electrons. The zero-order valence-electron chi connectivity index (χ0n) is 8.95. The highest BCUT2D eigenvalue weighted by atomic mass is 16.4. The molecule has 0 aromatic rings. The van der Waals surface area contributed by atoms with E-state index in [1.807, 2.05) is 0 Å². The van der Waals surface area contributed by atoms with Gasteiger partial charge in [-0.15, -0.1) is 0 Å². The van der Waals surface area contributed by atoms with Crippen LogP contribution in [0.5, 0.6) is 0 Å². The average molecular weight is 214 g/mol. The number of amides is 1. The van der Waals surface area contributed by atoms with Gasteiger partial charge in [0.15, 0.2) is 0 Å². The Labute approximate surface area is 89.2 Å². The van der Waals surface area contributed by atoms with E-state index < -0.39 is 12.0 Å². The standard InChI is InChI=1S/C10H18N2O3/c1-2-8(10(14)15)12-9(13)7-4-3-5-11-6-7/h7-8,11H,2-6H2,1H3,(H,12,13)(H,14,15). The molecule has 2 unspecified atom stereocenters. The molecule has 2 atom stereocenters. The molecule has 1 amide bonds. The van der Waals surface area contributed by atoms with Gasteiger partial charge in [-0.25, -0.2) is 4.79 Å². The molecule has 1 aliphatic rings. The summed E-state index contributed by atoms with van der Waals surface area (Å²) in [4.78, 5) is 22.4. The van der Waals surface area contributed by atoms with Gasteiger partial charge in [0.05, 0.1) is 5.92 Å². The number of hydrogen-bond donors (Lipinski definition) is 3. The average Bonchev–Trinajstić information content (AvgIpc) is 2.26. The van der Waals surface area contributed by atoms with Crippen LogP contribution in [0.2, 0.25) is 0 Å². The van der Waals surface area contributed by atoms with E-state index in [9.17, 15) is 9.59 Å². The van der Waals surface area contributed by atoms with Crippen LogP contribution >= 0.6 is 0 Å². The van der Waals surface area contributed by atoms with E-state index in [1.165, 1.54) is 0 Å². The minimum absolute atomic E-state index is 0.0767. The molecular formula is C10H18N2O3. The van der Waals surface area contributed by atoms with Gasteiger partial charge in [0, 0.05) is 6.54 Å². The second-order valence-corrected chi connectivity index (χ2v) is 3.85. The molecule has 1 fully saturated rings. The van der Waals surface area contributed by atoms with Crippen LogP contribution in [0, 0.1) is 5.92 Å². The lowest BCUT2D eigenvalue weighted by Gasteiger charge is -2.23. The van der Waals surface area contributed by atoms with Gasteiger partial charge in [-0.05, 0) is 25.8 Å². The summed E-state index contributed by atoms with van der Waals surface area (Å²) in [6.07, 6.45) is 2.23. The SMILES string of the molecule is CCC(NC(=O)C1CCCNC1)C(=O)O. The zero-order chi connectivity index (χ0) is 11.3. The fourth-order valence-electron chi connectivity index (χ4n) is 1.70. The molecule has 0 aliphatic carbocycles. The maximum absolute atomic E-state index is 11.7. The van der Waals surface area contributed by atoms with Crippen molar-refractivity contribution in [2.24, 2.45) is 5.92 Å². The topological polar surface area (TPSA) is 78.4 Å². The molecule has 1 rings (SSSR count). The first kappa shape index (κ1) is 12.0. The Bertz CT molecular complexity index is 237. The van der Waals surface area contributed by atoms with Crippen molar-refractivity contribution in [3.05, 3.63) is 0 Å². The van der Waals surface area contributed by atoms with Gasteiger partial charge in [0.1, 0.15) is 6.04 Å². The molecule has 3 N–H and O–H groups in total. The molecule has 5 nitrogen and oxygen atoms in total. The van der Waals surface area contributed by atoms with Crippen molar-refractivity contribution in [3.63, 3.8) is 0 Å². The highest BCUT2D eigenvalue weighted by Gasteiger charge is 2.25. The van der Waals surface area contributed by atoms with Crippen molar-refractivity contribution in [2.45, 2.75) is 32.2 Å². The number of aliphatic carboxylic acids is 1. The number of carboxylic acid groups (broad SMARTS) is 1. The lowest BCUT2D eigenvalue weighted by atomic mass is 9.98. The Morgan fingerprint density at radius 3 is 2.80 bits per heavy atom. The number of nitrogens with one attached hydrogen (secondary N) is 2. The molecule has 1 aliphatic heterocycles. The summed E-state index contributed by atoms with van der Waals surface area (Å²) in [6, 6.07) is -0.751. The highest BCUT2D eigenvalue weighted by Crippen LogP contribution is 2.10. The molecule has 5 heteroatoms. The number of carbonyl (C=O) groups is 2. The number of hydrogen-bond acceptors (Lipinski definition) is 3. The minimum atomic E-state index is -0.963. The monoisotopic (exact) mass is 214 g/mol. The van der Waals surface area contributed by atoms with Crippen molar-refractivity contribution < 1.29 is 14.7 Å². The summed E-state index contributed by atoms with van der Waals surface area (Å²) in [5.41, 5.74) is 0. The first-order valence-corrected chi connectivity index (χ1v) is 5.39. The van der Waals surface area contributed by atoms with Gasteiger partial charge < -0.3 is 15.7 Å². The molecule has 0 aromatic carbocycles. The van der Waals surface area contributed by atoms with Crippen LogP contribution < -0.4 is 10.6 Å². The van der Waals surface area contributed by atoms with E-state index >= 15 is 0 Å². The maximum atomic E-state index is 11.7. The van der Waals surface area contributed by atoms with Gasteiger partial charge >= 0.3 is 5.97 Å². The summed E-state index contributed by atoms with van der Waals surface area (Å²) >= 11 is 0. The highest BCUT2D eigenvalue weighted by molar-refractivity contribution is 5.85. The van der Waals surface area contributed by atoms with Crippen LogP contribution in [0.1, 0.15) is 26.2 Å². The van der Waals surface area contributed by atoms with Crippen LogP contribution in [0.25, 0.3) is 0 Å². The molecule has 0 bridgehead atoms. The first-order chi connectivity index (χ1) is 7.15. The lowest BCUT2D eigenvalue weighted by molar-refractivity contribution is -0.142. The van der Waals surface area contributed by atoms with Crippen LogP contribution in [0.4, 0.5) is 0 Å². The van der Waals surface area contributed by atoms with E-state index in [1.54, 1.807) is 6.92 Å². The Hall–Kier alpha value is -1.10. The van der Waals surface area contributed by atoms with E-state index in [-0.39, 0.29) is 11.8 Å². The Morgan fingerprint density at radius 2 is 2.33 bits per heavy atom. The molecule has 0 saturated carbocycles. The number of rotatable bonds is 4. The third kappa shape index (κ3) is 3.51. The van der Waals surface area contributed by atoms with Crippen LogP contribution in [-0.4, -0.2) is 36.1 Å². The summed E-state index contributed by atoms with van der Waals surface area (Å²) in [7, 11) is 0. The van der Waals surface area contributed by atoms with Crippen molar-refractivity contribution in [2.75, 3.05) is 13.1 Å². The van der Waals surface area contributed by atoms with Gasteiger partial charge in [0.25, 0.3) is 0 Å². The Kier molecular flexibility index (Phi) is 4.55. The summed E-state index contributed by atoms with van der Waals surface area (Å²) in [6.45, 7) is 3.35. The second kappa shape index (κ2) is 5.70. The maximum Gasteiger partial charge on any atom is 0.326 e. The van der Waals surface area contributed by atoms with E-state index in [0.717, 1.165) is 19.4 Å². The quantitative estimate of drug-likeness (QED) is 0.614. The molecule has 0 aromatic heterocycles. The van der Waals surface area contributed by atoms with Gasteiger partial charge in [-0.1, -0.05) is 6.92 Å². The first-order valence-electron chi connectivity index (χ1n) is 5.39. The predicted octanol–water partition coefficient (Wildman–Crippen LogP) is -0.0346. The third-order valence-corrected chi connectivity index (χ3v) is 2.69. The summed E-state index contributed by atoms with van der Waals surface area (Å²) in [5.74, 6) is -1.18. The number of piperidine rings is 1. The predicted molar refractivity (Wildman–Crippen MR) is 55.5 cm³/mol. The van der Waals surface area contributed by atoms with E-state index in [4.69, 9.17) is 5.11 Å². The third-order valence-electron chi connectivity index (χ3n) is 2.69. The Balaban J connectivity index is 2.42. The van der Waals surface area contributed by atoms with Crippen molar-refractivity contribution in [1.29, 1.82) is 0 Å². The van der Waals surface area contributed by atoms with E-state index in [2.05, 4.69) is 10.6 Å². The van der Waals surface area contributed by atoms with Crippen LogP contribution in [0.15, 0.2) is 0 Å². The van der Waals surface area contributed by atoms with Crippen molar-refractivity contribution in [3.8, 4) is 0 Å². The van der Waals surface area contributed by atoms with E-state index in [0.29, 0.717) is 13.0 Å². The normalized spacial score (nSPS) is 23.1. The minimum Gasteiger partial charge on any atom is -0.480 e. The van der Waals surface area contributed by atoms with Crippen LogP contribution in [-0.2, 0) is 9.59 Å².